The molecule has 31 heavy (non-hydrogen) atoms. The van der Waals surface area contributed by atoms with Gasteiger partial charge in [-0.2, -0.15) is 18.3 Å². The van der Waals surface area contributed by atoms with Gasteiger partial charge >= 0.3 is 6.18 Å². The summed E-state index contributed by atoms with van der Waals surface area (Å²) in [6, 6.07) is 16.2. The summed E-state index contributed by atoms with van der Waals surface area (Å²) in [5.41, 5.74) is 4.74. The van der Waals surface area contributed by atoms with Crippen LogP contribution in [0.1, 0.15) is 32.9 Å². The second kappa shape index (κ2) is 9.34. The molecule has 0 radical (unpaired) electrons. The zero-order chi connectivity index (χ0) is 22.6. The van der Waals surface area contributed by atoms with Gasteiger partial charge in [0.05, 0.1) is 18.0 Å². The van der Waals surface area contributed by atoms with Crippen molar-refractivity contribution in [3.8, 4) is 5.69 Å². The number of halogens is 3. The number of benzene rings is 2. The topological polar surface area (TPSA) is 47.4 Å². The number of rotatable bonds is 7. The van der Waals surface area contributed by atoms with Crippen LogP contribution < -0.4 is 0 Å². The van der Waals surface area contributed by atoms with Gasteiger partial charge in [-0.3, -0.25) is 4.79 Å². The summed E-state index contributed by atoms with van der Waals surface area (Å²) in [6.07, 6.45) is -4.36. The van der Waals surface area contributed by atoms with Crippen molar-refractivity contribution >= 4 is 5.91 Å². The van der Waals surface area contributed by atoms with E-state index in [2.05, 4.69) is 9.84 Å². The molecule has 3 aromatic rings. The van der Waals surface area contributed by atoms with Crippen molar-refractivity contribution in [1.82, 2.24) is 14.7 Å². The number of nitrogens with zero attached hydrogens (tertiary/aromatic N) is 3. The van der Waals surface area contributed by atoms with Crippen LogP contribution in [0.3, 0.4) is 0 Å². The molecule has 2 aromatic carbocycles. The molecular weight excluding hydrogens is 407 g/mol. The van der Waals surface area contributed by atoms with Crippen molar-refractivity contribution in [1.29, 1.82) is 0 Å². The van der Waals surface area contributed by atoms with Crippen LogP contribution in [0.15, 0.2) is 54.6 Å². The van der Waals surface area contributed by atoms with Crippen LogP contribution in [0.25, 0.3) is 5.69 Å². The molecule has 0 aliphatic carbocycles. The highest BCUT2D eigenvalue weighted by molar-refractivity contribution is 5.94. The van der Waals surface area contributed by atoms with Gasteiger partial charge in [0.25, 0.3) is 5.91 Å². The number of carbonyl (C=O) groups excluding carboxylic acids is 1. The van der Waals surface area contributed by atoms with Crippen molar-refractivity contribution < 1.29 is 22.7 Å². The van der Waals surface area contributed by atoms with Crippen LogP contribution >= 0.6 is 0 Å². The molecule has 0 saturated carbocycles. The molecule has 0 spiro atoms. The molecule has 5 nitrogen and oxygen atoms in total. The second-order valence-electron chi connectivity index (χ2n) is 7.36. The Morgan fingerprint density at radius 3 is 2.32 bits per heavy atom. The van der Waals surface area contributed by atoms with Gasteiger partial charge in [-0.05, 0) is 43.7 Å². The molecule has 1 heterocycles. The van der Waals surface area contributed by atoms with Gasteiger partial charge in [0.15, 0.2) is 0 Å². The number of aryl methyl sites for hydroxylation is 1. The van der Waals surface area contributed by atoms with Crippen LogP contribution in [-0.4, -0.2) is 40.4 Å². The fraction of sp³-hybridized carbons (Fsp3) is 0.304. The van der Waals surface area contributed by atoms with E-state index < -0.39 is 12.8 Å². The van der Waals surface area contributed by atoms with Crippen molar-refractivity contribution in [3.63, 3.8) is 0 Å². The maximum absolute atomic E-state index is 12.8. The van der Waals surface area contributed by atoms with Crippen molar-refractivity contribution in [2.45, 2.75) is 33.2 Å². The maximum atomic E-state index is 12.8. The molecule has 0 fully saturated rings. The minimum Gasteiger partial charge on any atom is -0.367 e. The van der Waals surface area contributed by atoms with Crippen LogP contribution in [0.5, 0.6) is 0 Å². The normalized spacial score (nSPS) is 11.5. The SMILES string of the molecule is Cc1nn(-c2ccccc2)c(C)c1CN(C)C(=O)c1ccc(COCC(F)(F)F)cc1. The molecule has 164 valence electrons. The summed E-state index contributed by atoms with van der Waals surface area (Å²) in [5, 5.41) is 4.61. The molecule has 0 bridgehead atoms. The average molecular weight is 431 g/mol. The first-order valence-corrected chi connectivity index (χ1v) is 9.75. The van der Waals surface area contributed by atoms with Crippen LogP contribution in [0.4, 0.5) is 13.2 Å². The number of hydrogen-bond acceptors (Lipinski definition) is 3. The molecule has 8 heteroatoms. The Labute approximate surface area is 179 Å². The lowest BCUT2D eigenvalue weighted by Gasteiger charge is -2.18. The van der Waals surface area contributed by atoms with E-state index in [4.69, 9.17) is 0 Å². The predicted molar refractivity (Wildman–Crippen MR) is 111 cm³/mol. The Bertz CT molecular complexity index is 1030. The van der Waals surface area contributed by atoms with E-state index in [0.29, 0.717) is 17.7 Å². The summed E-state index contributed by atoms with van der Waals surface area (Å²) in [7, 11) is 1.71. The van der Waals surface area contributed by atoms with Gasteiger partial charge < -0.3 is 9.64 Å². The zero-order valence-corrected chi connectivity index (χ0v) is 17.6. The predicted octanol–water partition coefficient (Wildman–Crippen LogP) is 4.84. The summed E-state index contributed by atoms with van der Waals surface area (Å²) in [6.45, 7) is 2.80. The fourth-order valence-electron chi connectivity index (χ4n) is 3.28. The molecular formula is C23H24F3N3O2. The van der Waals surface area contributed by atoms with Gasteiger partial charge in [-0.1, -0.05) is 30.3 Å². The Balaban J connectivity index is 1.66. The van der Waals surface area contributed by atoms with E-state index in [-0.39, 0.29) is 12.5 Å². The molecule has 0 unspecified atom stereocenters. The highest BCUT2D eigenvalue weighted by Crippen LogP contribution is 2.20. The lowest BCUT2D eigenvalue weighted by Crippen LogP contribution is -2.26. The largest absolute Gasteiger partial charge is 0.411 e. The van der Waals surface area contributed by atoms with E-state index in [9.17, 15) is 18.0 Å². The van der Waals surface area contributed by atoms with Crippen molar-refractivity contribution in [3.05, 3.63) is 82.7 Å². The molecule has 0 aliphatic heterocycles. The number of carbonyl (C=O) groups is 1. The van der Waals surface area contributed by atoms with Crippen LogP contribution in [0, 0.1) is 13.8 Å². The van der Waals surface area contributed by atoms with Crippen molar-refractivity contribution in [2.24, 2.45) is 0 Å². The van der Waals surface area contributed by atoms with Crippen LogP contribution in [-0.2, 0) is 17.9 Å². The summed E-state index contributed by atoms with van der Waals surface area (Å²) in [4.78, 5) is 14.4. The monoisotopic (exact) mass is 431 g/mol. The standard InChI is InChI=1S/C23H24F3N3O2/c1-16-21(17(2)29(27-16)20-7-5-4-6-8-20)13-28(3)22(30)19-11-9-18(10-12-19)14-31-15-23(24,25)26/h4-12H,13-15H2,1-3H3. The minimum atomic E-state index is -4.36. The van der Waals surface area contributed by atoms with Gasteiger partial charge in [-0.25, -0.2) is 4.68 Å². The third-order valence-corrected chi connectivity index (χ3v) is 4.92. The van der Waals surface area contributed by atoms with E-state index >= 15 is 0 Å². The highest BCUT2D eigenvalue weighted by Gasteiger charge is 2.27. The third-order valence-electron chi connectivity index (χ3n) is 4.92. The third kappa shape index (κ3) is 5.73. The molecule has 1 amide bonds. The fourth-order valence-corrected chi connectivity index (χ4v) is 3.28. The maximum Gasteiger partial charge on any atom is 0.411 e. The Hall–Kier alpha value is -3.13. The van der Waals surface area contributed by atoms with Crippen LogP contribution in [0.2, 0.25) is 0 Å². The molecule has 1 aromatic heterocycles. The van der Waals surface area contributed by atoms with Gasteiger partial charge in [-0.15, -0.1) is 0 Å². The zero-order valence-electron chi connectivity index (χ0n) is 17.6. The molecule has 0 N–H and O–H groups in total. The van der Waals surface area contributed by atoms with Gasteiger partial charge in [0.1, 0.15) is 6.61 Å². The first-order valence-electron chi connectivity index (χ1n) is 9.75. The minimum absolute atomic E-state index is 0.166. The van der Waals surface area contributed by atoms with E-state index in [1.54, 1.807) is 36.2 Å². The first-order chi connectivity index (χ1) is 14.7. The molecule has 0 saturated heterocycles. The quantitative estimate of drug-likeness (QED) is 0.538. The van der Waals surface area contributed by atoms with E-state index in [1.807, 2.05) is 48.9 Å². The Morgan fingerprint density at radius 2 is 1.71 bits per heavy atom. The smallest absolute Gasteiger partial charge is 0.367 e. The highest BCUT2D eigenvalue weighted by atomic mass is 19.4. The Kier molecular flexibility index (Phi) is 6.80. The van der Waals surface area contributed by atoms with E-state index in [1.165, 1.54) is 0 Å². The summed E-state index contributed by atoms with van der Waals surface area (Å²) < 4.78 is 43.0. The molecule has 0 atom stereocenters. The number of alkyl halides is 3. The first kappa shape index (κ1) is 22.6. The van der Waals surface area contributed by atoms with Crippen molar-refractivity contribution in [2.75, 3.05) is 13.7 Å². The average Bonchev–Trinajstić information content (AvgIpc) is 3.01. The van der Waals surface area contributed by atoms with Gasteiger partial charge in [0, 0.05) is 30.4 Å². The molecule has 0 aliphatic rings. The number of para-hydroxylation sites is 1. The number of aromatic nitrogens is 2. The number of hydrogen-bond donors (Lipinski definition) is 0. The summed E-state index contributed by atoms with van der Waals surface area (Å²) in [5.74, 6) is -0.186. The summed E-state index contributed by atoms with van der Waals surface area (Å²) >= 11 is 0. The van der Waals surface area contributed by atoms with Gasteiger partial charge in [0.2, 0.25) is 0 Å². The number of ether oxygens (including phenoxy) is 1. The lowest BCUT2D eigenvalue weighted by molar-refractivity contribution is -0.176. The second-order valence-corrected chi connectivity index (χ2v) is 7.36. The molecule has 3 rings (SSSR count). The Morgan fingerprint density at radius 1 is 1.06 bits per heavy atom. The lowest BCUT2D eigenvalue weighted by atomic mass is 10.1. The number of amides is 1. The van der Waals surface area contributed by atoms with E-state index in [0.717, 1.165) is 22.6 Å².